The SMILES string of the molecule is FC(F)(F)Cc1nsc(Cl)n1. The van der Waals surface area contributed by atoms with Crippen molar-refractivity contribution in [2.45, 2.75) is 12.6 Å². The van der Waals surface area contributed by atoms with E-state index in [4.69, 9.17) is 11.6 Å². The predicted octanol–water partition coefficient (Wildman–Crippen LogP) is 2.30. The molecule has 0 radical (unpaired) electrons. The molecule has 1 aromatic heterocycles. The van der Waals surface area contributed by atoms with Crippen LogP contribution in [0.4, 0.5) is 13.2 Å². The largest absolute Gasteiger partial charge is 0.396 e. The van der Waals surface area contributed by atoms with Gasteiger partial charge in [-0.1, -0.05) is 0 Å². The second kappa shape index (κ2) is 2.94. The highest BCUT2D eigenvalue weighted by Crippen LogP contribution is 2.21. The molecular weight excluding hydrogens is 201 g/mol. The van der Waals surface area contributed by atoms with E-state index in [1.807, 2.05) is 0 Å². The van der Waals surface area contributed by atoms with E-state index >= 15 is 0 Å². The summed E-state index contributed by atoms with van der Waals surface area (Å²) >= 11 is 6.02. The fraction of sp³-hybridized carbons (Fsp3) is 0.500. The van der Waals surface area contributed by atoms with E-state index in [2.05, 4.69) is 9.36 Å². The summed E-state index contributed by atoms with van der Waals surface area (Å²) in [6.07, 6.45) is -5.37. The number of hydrogen-bond donors (Lipinski definition) is 0. The van der Waals surface area contributed by atoms with Crippen molar-refractivity contribution in [1.82, 2.24) is 9.36 Å². The molecule has 2 nitrogen and oxygen atoms in total. The summed E-state index contributed by atoms with van der Waals surface area (Å²) in [6.45, 7) is 0. The molecule has 1 aromatic rings. The molecule has 0 aliphatic rings. The van der Waals surface area contributed by atoms with Crippen molar-refractivity contribution in [2.75, 3.05) is 0 Å². The zero-order valence-corrected chi connectivity index (χ0v) is 6.59. The summed E-state index contributed by atoms with van der Waals surface area (Å²) in [6, 6.07) is 0. The summed E-state index contributed by atoms with van der Waals surface area (Å²) < 4.78 is 38.3. The molecule has 0 aliphatic carbocycles. The Labute approximate surface area is 69.2 Å². The van der Waals surface area contributed by atoms with Crippen LogP contribution in [0, 0.1) is 0 Å². The first kappa shape index (κ1) is 8.73. The van der Waals surface area contributed by atoms with Gasteiger partial charge >= 0.3 is 6.18 Å². The van der Waals surface area contributed by atoms with Gasteiger partial charge < -0.3 is 0 Å². The van der Waals surface area contributed by atoms with E-state index in [1.54, 1.807) is 0 Å². The highest BCUT2D eigenvalue weighted by Gasteiger charge is 2.29. The van der Waals surface area contributed by atoms with Crippen LogP contribution in [-0.4, -0.2) is 15.5 Å². The van der Waals surface area contributed by atoms with Gasteiger partial charge in [-0.05, 0) is 23.1 Å². The van der Waals surface area contributed by atoms with Crippen molar-refractivity contribution in [3.63, 3.8) is 0 Å². The third-order valence-electron chi connectivity index (χ3n) is 0.802. The second-order valence-corrected chi connectivity index (χ2v) is 3.09. The van der Waals surface area contributed by atoms with Crippen molar-refractivity contribution in [3.8, 4) is 0 Å². The average Bonchev–Trinajstić information content (AvgIpc) is 2.10. The van der Waals surface area contributed by atoms with Gasteiger partial charge in [-0.15, -0.1) is 0 Å². The summed E-state index contributed by atoms with van der Waals surface area (Å²) in [5.74, 6) is -0.271. The van der Waals surface area contributed by atoms with Crippen LogP contribution < -0.4 is 0 Å². The molecule has 0 unspecified atom stereocenters. The van der Waals surface area contributed by atoms with Crippen molar-refractivity contribution in [1.29, 1.82) is 0 Å². The number of hydrogen-bond acceptors (Lipinski definition) is 3. The maximum absolute atomic E-state index is 11.6. The van der Waals surface area contributed by atoms with Crippen molar-refractivity contribution in [3.05, 3.63) is 10.3 Å². The van der Waals surface area contributed by atoms with Gasteiger partial charge in [0.1, 0.15) is 6.42 Å². The van der Waals surface area contributed by atoms with E-state index in [9.17, 15) is 13.2 Å². The molecule has 62 valence electrons. The molecule has 0 saturated carbocycles. The Balaban J connectivity index is 2.65. The van der Waals surface area contributed by atoms with Crippen LogP contribution in [0.2, 0.25) is 4.47 Å². The second-order valence-electron chi connectivity index (χ2n) is 1.76. The number of halogens is 4. The van der Waals surface area contributed by atoms with E-state index in [1.165, 1.54) is 0 Å². The lowest BCUT2D eigenvalue weighted by Gasteiger charge is -2.00. The molecule has 0 aliphatic heterocycles. The summed E-state index contributed by atoms with van der Waals surface area (Å²) in [5, 5.41) is 0. The van der Waals surface area contributed by atoms with Gasteiger partial charge in [0.15, 0.2) is 5.82 Å². The normalized spacial score (nSPS) is 12.0. The topological polar surface area (TPSA) is 25.8 Å². The zero-order chi connectivity index (χ0) is 8.48. The molecule has 0 bridgehead atoms. The minimum atomic E-state index is -4.26. The molecule has 7 heteroatoms. The van der Waals surface area contributed by atoms with Gasteiger partial charge in [0.25, 0.3) is 0 Å². The summed E-state index contributed by atoms with van der Waals surface area (Å²) in [4.78, 5) is 3.35. The minimum Gasteiger partial charge on any atom is -0.208 e. The van der Waals surface area contributed by atoms with Crippen LogP contribution in [0.3, 0.4) is 0 Å². The highest BCUT2D eigenvalue weighted by atomic mass is 35.5. The Hall–Kier alpha value is -0.360. The van der Waals surface area contributed by atoms with Gasteiger partial charge in [0.05, 0.1) is 0 Å². The molecule has 0 aromatic carbocycles. The van der Waals surface area contributed by atoms with E-state index < -0.39 is 12.6 Å². The molecule has 1 rings (SSSR count). The Morgan fingerprint density at radius 2 is 2.09 bits per heavy atom. The van der Waals surface area contributed by atoms with Gasteiger partial charge in [-0.3, -0.25) is 0 Å². The fourth-order valence-corrected chi connectivity index (χ4v) is 1.12. The van der Waals surface area contributed by atoms with E-state index in [0.717, 1.165) is 11.5 Å². The maximum atomic E-state index is 11.6. The molecule has 0 amide bonds. The first-order chi connectivity index (χ1) is 4.97. The molecule has 11 heavy (non-hydrogen) atoms. The van der Waals surface area contributed by atoms with Crippen LogP contribution in [-0.2, 0) is 6.42 Å². The smallest absolute Gasteiger partial charge is 0.208 e. The van der Waals surface area contributed by atoms with Gasteiger partial charge in [0.2, 0.25) is 4.47 Å². The van der Waals surface area contributed by atoms with Crippen molar-refractivity contribution >= 4 is 23.1 Å². The van der Waals surface area contributed by atoms with Gasteiger partial charge in [0, 0.05) is 0 Å². The predicted molar refractivity (Wildman–Crippen MR) is 34.7 cm³/mol. The van der Waals surface area contributed by atoms with Gasteiger partial charge in [-0.25, -0.2) is 4.98 Å². The Morgan fingerprint density at radius 1 is 1.45 bits per heavy atom. The maximum Gasteiger partial charge on any atom is 0.396 e. The quantitative estimate of drug-likeness (QED) is 0.698. The Kier molecular flexibility index (Phi) is 2.34. The minimum absolute atomic E-state index is 0.0317. The number of nitrogens with zero attached hydrogens (tertiary/aromatic N) is 2. The van der Waals surface area contributed by atoms with Gasteiger partial charge in [-0.2, -0.15) is 17.5 Å². The Bertz CT molecular complexity index is 246. The summed E-state index contributed by atoms with van der Waals surface area (Å²) in [5.41, 5.74) is 0. The van der Waals surface area contributed by atoms with Crippen LogP contribution >= 0.6 is 23.1 Å². The molecular formula is C4H2ClF3N2S. The highest BCUT2D eigenvalue weighted by molar-refractivity contribution is 7.10. The van der Waals surface area contributed by atoms with E-state index in [0.29, 0.717) is 0 Å². The molecule has 0 spiro atoms. The number of rotatable bonds is 1. The van der Waals surface area contributed by atoms with E-state index in [-0.39, 0.29) is 10.3 Å². The lowest BCUT2D eigenvalue weighted by Crippen LogP contribution is -2.12. The fourth-order valence-electron chi connectivity index (χ4n) is 0.484. The molecule has 0 fully saturated rings. The monoisotopic (exact) mass is 202 g/mol. The first-order valence-corrected chi connectivity index (χ1v) is 3.67. The first-order valence-electron chi connectivity index (χ1n) is 2.52. The van der Waals surface area contributed by atoms with Crippen LogP contribution in [0.15, 0.2) is 0 Å². The number of aromatic nitrogens is 2. The number of alkyl halides is 3. The lowest BCUT2D eigenvalue weighted by atomic mass is 10.4. The standard InChI is InChI=1S/C4H2ClF3N2S/c5-3-9-2(10-11-3)1-4(6,7)8/h1H2. The molecule has 0 N–H and O–H groups in total. The van der Waals surface area contributed by atoms with Crippen LogP contribution in [0.1, 0.15) is 5.82 Å². The third kappa shape index (κ3) is 3.02. The van der Waals surface area contributed by atoms with Crippen LogP contribution in [0.5, 0.6) is 0 Å². The van der Waals surface area contributed by atoms with Crippen molar-refractivity contribution < 1.29 is 13.2 Å². The lowest BCUT2D eigenvalue weighted by molar-refractivity contribution is -0.128. The van der Waals surface area contributed by atoms with Crippen molar-refractivity contribution in [2.24, 2.45) is 0 Å². The third-order valence-corrected chi connectivity index (χ3v) is 1.64. The summed E-state index contributed by atoms with van der Waals surface area (Å²) in [7, 11) is 0. The van der Waals surface area contributed by atoms with Crippen LogP contribution in [0.25, 0.3) is 0 Å². The average molecular weight is 203 g/mol. The molecule has 0 atom stereocenters. The zero-order valence-electron chi connectivity index (χ0n) is 5.02. The molecule has 1 heterocycles. The molecule has 0 saturated heterocycles. The Morgan fingerprint density at radius 3 is 2.45 bits per heavy atom.